The maximum Gasteiger partial charge on any atom is 2.00 e. The van der Waals surface area contributed by atoms with Crippen molar-refractivity contribution in [1.82, 2.24) is 9.80 Å². The van der Waals surface area contributed by atoms with Gasteiger partial charge >= 0.3 is 37.7 Å². The van der Waals surface area contributed by atoms with Gasteiger partial charge in [-0.25, -0.2) is 0 Å². The first-order valence-corrected chi connectivity index (χ1v) is 22.5. The first kappa shape index (κ1) is 48.4. The summed E-state index contributed by atoms with van der Waals surface area (Å²) < 4.78 is 0. The molecule has 6 rings (SSSR count). The van der Waals surface area contributed by atoms with E-state index in [1.54, 1.807) is 85.9 Å². The number of rotatable bonds is 14. The Morgan fingerprint density at radius 2 is 0.847 bits per heavy atom. The molecule has 0 bridgehead atoms. The molecule has 15 heteroatoms. The van der Waals surface area contributed by atoms with Gasteiger partial charge in [0.25, 0.3) is 0 Å². The van der Waals surface area contributed by atoms with Gasteiger partial charge in [0, 0.05) is 67.8 Å². The summed E-state index contributed by atoms with van der Waals surface area (Å²) in [4.78, 5) is 78.5. The van der Waals surface area contributed by atoms with Crippen LogP contribution < -0.4 is 10.2 Å². The number of benzene rings is 4. The van der Waals surface area contributed by atoms with Gasteiger partial charge in [-0.05, 0) is 37.1 Å². The average molecular weight is 897 g/mol. The molecule has 4 aromatic rings. The third-order valence-corrected chi connectivity index (χ3v) is 14.3. The molecular weight excluding hydrogens is 853 g/mol. The third kappa shape index (κ3) is 14.4. The number of amides is 2. The SMILES string of the molecule is C[C@H](CSC(=O)c1ccccc1)C(=O)N1C[C@@H](Sc2ccccc2)C[C@H]1C(=O)[O-].C[C@H](CSC(=O)c1ccccc1)C(=O)N1C[C@@H](Sc2ccccc2)C[C@H]1C(=O)[O-].[Ca+2]. The van der Waals surface area contributed by atoms with Gasteiger partial charge in [-0.2, -0.15) is 0 Å². The van der Waals surface area contributed by atoms with Crippen LogP contribution in [0.4, 0.5) is 0 Å². The first-order valence-electron chi connectivity index (χ1n) is 18.8. The van der Waals surface area contributed by atoms with Gasteiger partial charge in [0.05, 0.1) is 24.0 Å². The Morgan fingerprint density at radius 3 is 1.15 bits per heavy atom. The van der Waals surface area contributed by atoms with Crippen LogP contribution in [0.1, 0.15) is 47.4 Å². The van der Waals surface area contributed by atoms with Crippen LogP contribution in [0.2, 0.25) is 0 Å². The molecule has 0 aromatic heterocycles. The zero-order valence-corrected chi connectivity index (χ0v) is 38.2. The molecule has 2 heterocycles. The summed E-state index contributed by atoms with van der Waals surface area (Å²) in [5.41, 5.74) is 1.18. The van der Waals surface area contributed by atoms with E-state index in [0.717, 1.165) is 33.3 Å². The Morgan fingerprint density at radius 1 is 0.542 bits per heavy atom. The van der Waals surface area contributed by atoms with Gasteiger partial charge in [0.2, 0.25) is 22.0 Å². The first-order chi connectivity index (χ1) is 27.9. The zero-order chi connectivity index (χ0) is 41.6. The van der Waals surface area contributed by atoms with Crippen LogP contribution in [0.5, 0.6) is 0 Å². The molecule has 0 unspecified atom stereocenters. The molecular formula is C44H44CaN2O8S4. The number of hydrogen-bond donors (Lipinski definition) is 0. The number of carboxylic acid groups (broad SMARTS) is 2. The summed E-state index contributed by atoms with van der Waals surface area (Å²) >= 11 is 5.32. The Labute approximate surface area is 392 Å². The number of carboxylic acids is 2. The fraction of sp³-hybridized carbons (Fsp3) is 0.318. The third-order valence-electron chi connectivity index (χ3n) is 9.52. The molecule has 0 spiro atoms. The van der Waals surface area contributed by atoms with E-state index in [1.165, 1.54) is 9.80 Å². The second kappa shape index (κ2) is 24.3. The number of nitrogens with zero attached hydrogens (tertiary/aromatic N) is 2. The van der Waals surface area contributed by atoms with Crippen molar-refractivity contribution in [1.29, 1.82) is 0 Å². The molecule has 0 saturated carbocycles. The standard InChI is InChI=1S/2C22H23NO4S2.Ca/c2*1-15(14-28-22(27)16-8-4-2-5-9-16)20(24)23-13-18(12-19(23)21(25)26)29-17-10-6-3-7-11-17;/h2*2-11,15,18-19H,12-14H2,1H3,(H,25,26);/q;;+2/p-2/t2*15-,18+,19+;/m11./s1. The number of thioether (sulfide) groups is 4. The van der Waals surface area contributed by atoms with Crippen molar-refractivity contribution < 1.29 is 39.0 Å². The van der Waals surface area contributed by atoms with Crippen molar-refractivity contribution in [3.05, 3.63) is 132 Å². The molecule has 2 fully saturated rings. The van der Waals surface area contributed by atoms with Crippen LogP contribution in [-0.2, 0) is 19.2 Å². The molecule has 2 aliphatic rings. The van der Waals surface area contributed by atoms with Gasteiger partial charge < -0.3 is 29.6 Å². The predicted octanol–water partition coefficient (Wildman–Crippen LogP) is 5.03. The van der Waals surface area contributed by atoms with Gasteiger partial charge in [0.1, 0.15) is 0 Å². The van der Waals surface area contributed by atoms with Crippen LogP contribution in [0, 0.1) is 11.8 Å². The van der Waals surface area contributed by atoms with Crippen molar-refractivity contribution in [3.63, 3.8) is 0 Å². The zero-order valence-electron chi connectivity index (χ0n) is 32.8. The Bertz CT molecular complexity index is 1870. The maximum atomic E-state index is 12.9. The number of hydrogen-bond acceptors (Lipinski definition) is 12. The van der Waals surface area contributed by atoms with Gasteiger partial charge in [-0.1, -0.05) is 134 Å². The van der Waals surface area contributed by atoms with Crippen LogP contribution in [0.3, 0.4) is 0 Å². The van der Waals surface area contributed by atoms with E-state index in [2.05, 4.69) is 0 Å². The number of carbonyl (C=O) groups excluding carboxylic acids is 6. The molecule has 2 saturated heterocycles. The minimum absolute atomic E-state index is 0. The summed E-state index contributed by atoms with van der Waals surface area (Å²) in [5.74, 6) is -3.26. The molecule has 4 aromatic carbocycles. The monoisotopic (exact) mass is 896 g/mol. The van der Waals surface area contributed by atoms with E-state index >= 15 is 0 Å². The Kier molecular flexibility index (Phi) is 19.9. The van der Waals surface area contributed by atoms with E-state index < -0.39 is 35.9 Å². The summed E-state index contributed by atoms with van der Waals surface area (Å²) in [7, 11) is 0. The smallest absolute Gasteiger partial charge is 0.548 e. The molecule has 6 atom stereocenters. The fourth-order valence-corrected chi connectivity index (χ4v) is 10.6. The number of aliphatic carboxylic acids is 2. The minimum atomic E-state index is -1.23. The van der Waals surface area contributed by atoms with Crippen molar-refractivity contribution in [2.75, 3.05) is 24.6 Å². The summed E-state index contributed by atoms with van der Waals surface area (Å²) in [6.07, 6.45) is 0.715. The second-order valence-corrected chi connectivity index (χ2v) is 18.7. The molecule has 0 N–H and O–H groups in total. The average Bonchev–Trinajstić information content (AvgIpc) is 3.87. The molecule has 10 nitrogen and oxygen atoms in total. The van der Waals surface area contributed by atoms with E-state index in [-0.39, 0.29) is 70.3 Å². The summed E-state index contributed by atoms with van der Waals surface area (Å²) in [6, 6.07) is 35.4. The number of likely N-dealkylation sites (tertiary alicyclic amines) is 2. The van der Waals surface area contributed by atoms with Crippen molar-refractivity contribution >= 4 is 119 Å². The topological polar surface area (TPSA) is 155 Å². The van der Waals surface area contributed by atoms with Gasteiger partial charge in [-0.3, -0.25) is 19.2 Å². The van der Waals surface area contributed by atoms with Crippen LogP contribution in [-0.4, -0.2) is 129 Å². The quantitative estimate of drug-likeness (QED) is 0.156. The normalized spacial score (nSPS) is 19.4. The largest absolute Gasteiger partial charge is 2.00 e. The van der Waals surface area contributed by atoms with Crippen LogP contribution in [0.25, 0.3) is 0 Å². The predicted molar refractivity (Wildman–Crippen MR) is 233 cm³/mol. The fourth-order valence-electron chi connectivity index (χ4n) is 6.51. The van der Waals surface area contributed by atoms with E-state index in [1.807, 2.05) is 72.8 Å². The van der Waals surface area contributed by atoms with Crippen molar-refractivity contribution in [2.45, 2.75) is 59.1 Å². The molecule has 0 aliphatic carbocycles. The van der Waals surface area contributed by atoms with Crippen molar-refractivity contribution in [3.8, 4) is 0 Å². The van der Waals surface area contributed by atoms with Crippen LogP contribution in [0.15, 0.2) is 131 Å². The molecule has 304 valence electrons. The molecule has 2 aliphatic heterocycles. The van der Waals surface area contributed by atoms with Crippen LogP contribution >= 0.6 is 47.0 Å². The van der Waals surface area contributed by atoms with Crippen molar-refractivity contribution in [2.24, 2.45) is 11.8 Å². The molecule has 59 heavy (non-hydrogen) atoms. The van der Waals surface area contributed by atoms with E-state index in [9.17, 15) is 39.0 Å². The number of carbonyl (C=O) groups is 6. The van der Waals surface area contributed by atoms with Gasteiger partial charge in [0.15, 0.2) is 0 Å². The Balaban J connectivity index is 0.000000256. The minimum Gasteiger partial charge on any atom is -0.548 e. The Hall–Kier alpha value is -3.24. The molecule has 0 radical (unpaired) electrons. The van der Waals surface area contributed by atoms with E-state index in [0.29, 0.717) is 48.6 Å². The molecule has 2 amide bonds. The summed E-state index contributed by atoms with van der Waals surface area (Å²) in [6.45, 7) is 4.19. The second-order valence-electron chi connectivity index (χ2n) is 14.0. The summed E-state index contributed by atoms with van der Waals surface area (Å²) in [5, 5.41) is 23.0. The van der Waals surface area contributed by atoms with Gasteiger partial charge in [-0.15, -0.1) is 23.5 Å². The maximum absolute atomic E-state index is 12.9. The van der Waals surface area contributed by atoms with E-state index in [4.69, 9.17) is 0 Å².